The number of aryl methyl sites for hydroxylation is 2. The van der Waals surface area contributed by atoms with Crippen LogP contribution in [0.15, 0.2) is 31.6 Å². The molecule has 0 amide bonds. The number of nitrogens with one attached hydrogen (secondary N) is 1. The van der Waals surface area contributed by atoms with Crippen LogP contribution in [0.4, 0.5) is 0 Å². The molecule has 0 spiro atoms. The van der Waals surface area contributed by atoms with E-state index >= 15 is 0 Å². The van der Waals surface area contributed by atoms with Crippen molar-refractivity contribution in [1.29, 1.82) is 0 Å². The van der Waals surface area contributed by atoms with E-state index in [-0.39, 0.29) is 11.1 Å². The third-order valence-electron chi connectivity index (χ3n) is 2.88. The van der Waals surface area contributed by atoms with Crippen molar-refractivity contribution in [2.75, 3.05) is 0 Å². The third kappa shape index (κ3) is 1.86. The SMILES string of the molecule is Cn1cc(-c2c[nH]n(C)c(=O)c2=O)c(=O)n(C)c1=O. The molecular formula is C11H12N4O4. The lowest BCUT2D eigenvalue weighted by molar-refractivity contribution is 0.683. The topological polar surface area (TPSA) is 98.9 Å². The molecule has 0 bridgehead atoms. The van der Waals surface area contributed by atoms with Gasteiger partial charge in [0.15, 0.2) is 0 Å². The fourth-order valence-electron chi connectivity index (χ4n) is 1.75. The van der Waals surface area contributed by atoms with Gasteiger partial charge in [-0.05, 0) is 0 Å². The third-order valence-corrected chi connectivity index (χ3v) is 2.88. The Kier molecular flexibility index (Phi) is 2.85. The highest BCUT2D eigenvalue weighted by molar-refractivity contribution is 5.59. The van der Waals surface area contributed by atoms with Gasteiger partial charge in [-0.25, -0.2) is 4.79 Å². The van der Waals surface area contributed by atoms with Crippen LogP contribution < -0.4 is 22.2 Å². The molecule has 0 fully saturated rings. The van der Waals surface area contributed by atoms with Crippen LogP contribution in [-0.2, 0) is 21.1 Å². The molecule has 0 saturated carbocycles. The summed E-state index contributed by atoms with van der Waals surface area (Å²) in [4.78, 5) is 46.9. The second kappa shape index (κ2) is 4.23. The molecule has 0 unspecified atom stereocenters. The highest BCUT2D eigenvalue weighted by atomic mass is 16.2. The molecular weight excluding hydrogens is 252 g/mol. The molecule has 0 radical (unpaired) electrons. The molecule has 0 saturated heterocycles. The summed E-state index contributed by atoms with van der Waals surface area (Å²) in [5.74, 6) is 0. The first-order chi connectivity index (χ1) is 8.84. The Bertz CT molecular complexity index is 881. The van der Waals surface area contributed by atoms with E-state index in [2.05, 4.69) is 5.10 Å². The maximum Gasteiger partial charge on any atom is 0.330 e. The Labute approximate surface area is 106 Å². The van der Waals surface area contributed by atoms with Gasteiger partial charge in [0, 0.05) is 33.5 Å². The van der Waals surface area contributed by atoms with Crippen molar-refractivity contribution in [3.63, 3.8) is 0 Å². The molecule has 8 nitrogen and oxygen atoms in total. The van der Waals surface area contributed by atoms with Crippen LogP contribution in [0.2, 0.25) is 0 Å². The summed E-state index contributed by atoms with van der Waals surface area (Å²) >= 11 is 0. The van der Waals surface area contributed by atoms with E-state index in [4.69, 9.17) is 0 Å². The largest absolute Gasteiger partial charge is 0.330 e. The van der Waals surface area contributed by atoms with Gasteiger partial charge < -0.3 is 9.67 Å². The summed E-state index contributed by atoms with van der Waals surface area (Å²) in [6.07, 6.45) is 2.51. The summed E-state index contributed by atoms with van der Waals surface area (Å²) < 4.78 is 3.07. The van der Waals surface area contributed by atoms with Gasteiger partial charge in [-0.3, -0.25) is 23.6 Å². The minimum absolute atomic E-state index is 0.00329. The van der Waals surface area contributed by atoms with Crippen LogP contribution in [0, 0.1) is 0 Å². The number of nitrogens with zero attached hydrogens (tertiary/aromatic N) is 3. The van der Waals surface area contributed by atoms with E-state index in [0.717, 1.165) is 9.25 Å². The first-order valence-electron chi connectivity index (χ1n) is 5.40. The monoisotopic (exact) mass is 264 g/mol. The highest BCUT2D eigenvalue weighted by Gasteiger charge is 2.14. The zero-order valence-electron chi connectivity index (χ0n) is 10.6. The molecule has 0 aliphatic rings. The molecule has 8 heteroatoms. The van der Waals surface area contributed by atoms with Crippen molar-refractivity contribution in [2.45, 2.75) is 0 Å². The maximum atomic E-state index is 12.0. The predicted octanol–water partition coefficient (Wildman–Crippen LogP) is -1.86. The molecule has 0 aromatic carbocycles. The van der Waals surface area contributed by atoms with Crippen LogP contribution in [0.3, 0.4) is 0 Å². The van der Waals surface area contributed by atoms with Gasteiger partial charge >= 0.3 is 11.2 Å². The summed E-state index contributed by atoms with van der Waals surface area (Å²) in [7, 11) is 4.16. The lowest BCUT2D eigenvalue weighted by Crippen LogP contribution is -2.40. The van der Waals surface area contributed by atoms with E-state index in [1.54, 1.807) is 0 Å². The number of aromatic nitrogens is 4. The normalized spacial score (nSPS) is 10.7. The van der Waals surface area contributed by atoms with Crippen molar-refractivity contribution >= 4 is 0 Å². The quantitative estimate of drug-likeness (QED) is 0.610. The van der Waals surface area contributed by atoms with Crippen molar-refractivity contribution in [3.8, 4) is 11.1 Å². The van der Waals surface area contributed by atoms with E-state index in [0.29, 0.717) is 0 Å². The fraction of sp³-hybridized carbons (Fsp3) is 0.273. The number of aromatic amines is 1. The molecule has 19 heavy (non-hydrogen) atoms. The maximum absolute atomic E-state index is 12.0. The van der Waals surface area contributed by atoms with Crippen LogP contribution in [0.1, 0.15) is 0 Å². The van der Waals surface area contributed by atoms with Crippen molar-refractivity contribution < 1.29 is 0 Å². The standard InChI is InChI=1S/C11H12N4O4/c1-13-5-7(9(17)14(2)11(13)19)6-4-12-15(3)10(18)8(6)16/h4-5,12H,1-3H3. The smallest absolute Gasteiger partial charge is 0.303 e. The average molecular weight is 264 g/mol. The van der Waals surface area contributed by atoms with Gasteiger partial charge in [-0.2, -0.15) is 0 Å². The molecule has 0 aliphatic heterocycles. The van der Waals surface area contributed by atoms with Crippen LogP contribution in [0.5, 0.6) is 0 Å². The molecule has 2 rings (SSSR count). The number of rotatable bonds is 1. The molecule has 2 heterocycles. The van der Waals surface area contributed by atoms with Gasteiger partial charge in [-0.15, -0.1) is 0 Å². The van der Waals surface area contributed by atoms with E-state index in [9.17, 15) is 19.2 Å². The molecule has 1 N–H and O–H groups in total. The Morgan fingerprint density at radius 1 is 0.947 bits per heavy atom. The van der Waals surface area contributed by atoms with E-state index in [1.165, 1.54) is 38.1 Å². The molecule has 2 aromatic heterocycles. The lowest BCUT2D eigenvalue weighted by Gasteiger charge is -2.06. The Morgan fingerprint density at radius 2 is 1.58 bits per heavy atom. The number of hydrogen-bond donors (Lipinski definition) is 1. The Balaban J connectivity index is 2.93. The van der Waals surface area contributed by atoms with E-state index in [1.807, 2.05) is 0 Å². The second-order valence-corrected chi connectivity index (χ2v) is 4.18. The zero-order chi connectivity index (χ0) is 14.3. The first kappa shape index (κ1) is 12.8. The summed E-state index contributed by atoms with van der Waals surface area (Å²) in [6, 6.07) is 0. The second-order valence-electron chi connectivity index (χ2n) is 4.18. The van der Waals surface area contributed by atoms with Gasteiger partial charge in [0.25, 0.3) is 11.0 Å². The minimum atomic E-state index is -0.794. The summed E-state index contributed by atoms with van der Waals surface area (Å²) in [5.41, 5.74) is -2.75. The van der Waals surface area contributed by atoms with Crippen molar-refractivity contribution in [2.24, 2.45) is 21.1 Å². The zero-order valence-corrected chi connectivity index (χ0v) is 10.6. The van der Waals surface area contributed by atoms with Gasteiger partial charge in [0.05, 0.1) is 11.1 Å². The van der Waals surface area contributed by atoms with Crippen LogP contribution >= 0.6 is 0 Å². The van der Waals surface area contributed by atoms with Gasteiger partial charge in [-0.1, -0.05) is 0 Å². The molecule has 2 aromatic rings. The van der Waals surface area contributed by atoms with Gasteiger partial charge in [0.1, 0.15) is 0 Å². The minimum Gasteiger partial charge on any atom is -0.303 e. The Hall–Kier alpha value is -2.64. The van der Waals surface area contributed by atoms with Crippen LogP contribution in [-0.4, -0.2) is 18.9 Å². The van der Waals surface area contributed by atoms with Crippen molar-refractivity contribution in [3.05, 3.63) is 53.8 Å². The lowest BCUT2D eigenvalue weighted by atomic mass is 10.1. The predicted molar refractivity (Wildman–Crippen MR) is 68.2 cm³/mol. The number of hydrogen-bond acceptors (Lipinski definition) is 4. The first-order valence-corrected chi connectivity index (χ1v) is 5.40. The molecule has 100 valence electrons. The van der Waals surface area contributed by atoms with Crippen LogP contribution in [0.25, 0.3) is 11.1 Å². The average Bonchev–Trinajstić information content (AvgIpc) is 2.39. The number of H-pyrrole nitrogens is 1. The van der Waals surface area contributed by atoms with Crippen molar-refractivity contribution in [1.82, 2.24) is 18.9 Å². The van der Waals surface area contributed by atoms with E-state index < -0.39 is 22.2 Å². The highest BCUT2D eigenvalue weighted by Crippen LogP contribution is 2.05. The molecule has 0 atom stereocenters. The summed E-state index contributed by atoms with van der Waals surface area (Å²) in [6.45, 7) is 0. The fourth-order valence-corrected chi connectivity index (χ4v) is 1.75. The molecule has 0 aliphatic carbocycles. The van der Waals surface area contributed by atoms with Gasteiger partial charge in [0.2, 0.25) is 0 Å². The Morgan fingerprint density at radius 3 is 2.21 bits per heavy atom. The summed E-state index contributed by atoms with van der Waals surface area (Å²) in [5, 5.41) is 2.56.